The van der Waals surface area contributed by atoms with Crippen molar-refractivity contribution in [2.45, 2.75) is 23.9 Å². The smallest absolute Gasteiger partial charge is 0.233 e. The molecule has 3 aromatic rings. The molecule has 0 radical (unpaired) electrons. The number of amides is 1. The van der Waals surface area contributed by atoms with Gasteiger partial charge in [-0.1, -0.05) is 42.1 Å². The molecule has 1 atom stereocenters. The maximum atomic E-state index is 13.3. The molecule has 0 aliphatic carbocycles. The minimum atomic E-state index is -0.355. The predicted octanol–water partition coefficient (Wildman–Crippen LogP) is 3.38. The van der Waals surface area contributed by atoms with Gasteiger partial charge in [-0.05, 0) is 36.8 Å². The molecule has 0 aliphatic rings. The highest BCUT2D eigenvalue weighted by Crippen LogP contribution is 2.28. The normalized spacial score (nSPS) is 12.0. The molecule has 0 saturated heterocycles. The fourth-order valence-electron chi connectivity index (χ4n) is 2.73. The first-order valence-electron chi connectivity index (χ1n) is 9.25. The molecule has 1 amide bonds. The average Bonchev–Trinajstić information content (AvgIpc) is 3.11. The number of thioether (sulfide) groups is 1. The van der Waals surface area contributed by atoms with Crippen LogP contribution in [0.25, 0.3) is 11.4 Å². The van der Waals surface area contributed by atoms with Gasteiger partial charge in [-0.15, -0.1) is 10.2 Å². The van der Waals surface area contributed by atoms with E-state index in [-0.39, 0.29) is 17.0 Å². The Bertz CT molecular complexity index is 932. The summed E-state index contributed by atoms with van der Waals surface area (Å²) < 4.78 is 20.3. The number of hydrogen-bond acceptors (Lipinski definition) is 5. The molecule has 1 heterocycles. The zero-order valence-electron chi connectivity index (χ0n) is 16.3. The third-order valence-electron chi connectivity index (χ3n) is 4.26. The summed E-state index contributed by atoms with van der Waals surface area (Å²) in [4.78, 5) is 12.3. The van der Waals surface area contributed by atoms with Gasteiger partial charge in [-0.2, -0.15) is 0 Å². The Labute approximate surface area is 173 Å². The first-order chi connectivity index (χ1) is 14.1. The Kier molecular flexibility index (Phi) is 7.37. The molecule has 1 aromatic heterocycles. The van der Waals surface area contributed by atoms with Crippen molar-refractivity contribution in [2.75, 3.05) is 20.3 Å². The summed E-state index contributed by atoms with van der Waals surface area (Å²) in [6.45, 7) is 3.28. The number of nitrogens with one attached hydrogen (secondary N) is 1. The number of methoxy groups -OCH3 is 1. The standard InChI is InChI=1S/C21H23FN4O2S/c1-15(20(27)23-12-13-28-2)29-21-25-24-19(17-8-10-18(22)11-9-17)26(21)14-16-6-4-3-5-7-16/h3-11,15H,12-14H2,1-2H3,(H,23,27)/t15-/m1/s1. The van der Waals surface area contributed by atoms with E-state index in [4.69, 9.17) is 4.74 Å². The van der Waals surface area contributed by atoms with Gasteiger partial charge in [-0.25, -0.2) is 4.39 Å². The molecule has 29 heavy (non-hydrogen) atoms. The molecule has 6 nitrogen and oxygen atoms in total. The van der Waals surface area contributed by atoms with Gasteiger partial charge in [-0.3, -0.25) is 9.36 Å². The van der Waals surface area contributed by atoms with E-state index in [1.807, 2.05) is 41.8 Å². The Morgan fingerprint density at radius 1 is 1.17 bits per heavy atom. The second-order valence-corrected chi connectivity index (χ2v) is 7.74. The minimum Gasteiger partial charge on any atom is -0.383 e. The van der Waals surface area contributed by atoms with Crippen molar-refractivity contribution in [3.8, 4) is 11.4 Å². The van der Waals surface area contributed by atoms with Gasteiger partial charge in [0.05, 0.1) is 18.4 Å². The van der Waals surface area contributed by atoms with E-state index in [1.165, 1.54) is 23.9 Å². The second kappa shape index (κ2) is 10.2. The molecule has 0 saturated carbocycles. The second-order valence-electron chi connectivity index (χ2n) is 6.43. The van der Waals surface area contributed by atoms with Crippen molar-refractivity contribution in [1.82, 2.24) is 20.1 Å². The van der Waals surface area contributed by atoms with Crippen LogP contribution in [-0.2, 0) is 16.1 Å². The highest BCUT2D eigenvalue weighted by molar-refractivity contribution is 8.00. The Balaban J connectivity index is 1.86. The first-order valence-corrected chi connectivity index (χ1v) is 10.1. The van der Waals surface area contributed by atoms with E-state index in [1.54, 1.807) is 19.2 Å². The number of ether oxygens (including phenoxy) is 1. The van der Waals surface area contributed by atoms with Crippen LogP contribution in [0.4, 0.5) is 4.39 Å². The zero-order chi connectivity index (χ0) is 20.6. The monoisotopic (exact) mass is 414 g/mol. The van der Waals surface area contributed by atoms with Crippen molar-refractivity contribution >= 4 is 17.7 Å². The summed E-state index contributed by atoms with van der Waals surface area (Å²) in [7, 11) is 1.59. The Hall–Kier alpha value is -2.71. The van der Waals surface area contributed by atoms with Gasteiger partial charge >= 0.3 is 0 Å². The molecule has 2 aromatic carbocycles. The highest BCUT2D eigenvalue weighted by Gasteiger charge is 2.21. The van der Waals surface area contributed by atoms with E-state index in [0.717, 1.165) is 11.1 Å². The van der Waals surface area contributed by atoms with Crippen LogP contribution in [0, 0.1) is 5.82 Å². The summed E-state index contributed by atoms with van der Waals surface area (Å²) in [5.41, 5.74) is 1.84. The number of carbonyl (C=O) groups is 1. The molecule has 3 rings (SSSR count). The van der Waals surface area contributed by atoms with Gasteiger partial charge in [0, 0.05) is 19.2 Å². The lowest BCUT2D eigenvalue weighted by atomic mass is 10.2. The van der Waals surface area contributed by atoms with E-state index in [9.17, 15) is 9.18 Å². The van der Waals surface area contributed by atoms with Crippen LogP contribution < -0.4 is 5.32 Å². The topological polar surface area (TPSA) is 69.0 Å². The molecule has 0 bridgehead atoms. The lowest BCUT2D eigenvalue weighted by Gasteiger charge is -2.14. The summed E-state index contributed by atoms with van der Waals surface area (Å²) >= 11 is 1.34. The molecular weight excluding hydrogens is 391 g/mol. The third-order valence-corrected chi connectivity index (χ3v) is 5.34. The van der Waals surface area contributed by atoms with E-state index >= 15 is 0 Å². The number of rotatable bonds is 9. The van der Waals surface area contributed by atoms with Crippen LogP contribution >= 0.6 is 11.8 Å². The quantitative estimate of drug-likeness (QED) is 0.429. The number of carbonyl (C=O) groups excluding carboxylic acids is 1. The van der Waals surface area contributed by atoms with E-state index < -0.39 is 0 Å². The fraction of sp³-hybridized carbons (Fsp3) is 0.286. The summed E-state index contributed by atoms with van der Waals surface area (Å²) in [5, 5.41) is 11.7. The number of hydrogen-bond donors (Lipinski definition) is 1. The molecule has 8 heteroatoms. The maximum absolute atomic E-state index is 13.3. The summed E-state index contributed by atoms with van der Waals surface area (Å²) in [6, 6.07) is 16.1. The fourth-order valence-corrected chi connectivity index (χ4v) is 3.60. The van der Waals surface area contributed by atoms with Gasteiger partial charge in [0.15, 0.2) is 11.0 Å². The van der Waals surface area contributed by atoms with Crippen molar-refractivity contribution in [3.63, 3.8) is 0 Å². The summed E-state index contributed by atoms with van der Waals surface area (Å²) in [6.07, 6.45) is 0. The van der Waals surface area contributed by atoms with Crippen LogP contribution in [0.5, 0.6) is 0 Å². The lowest BCUT2D eigenvalue weighted by molar-refractivity contribution is -0.120. The van der Waals surface area contributed by atoms with E-state index in [2.05, 4.69) is 15.5 Å². The van der Waals surface area contributed by atoms with Gasteiger partial charge < -0.3 is 10.1 Å². The number of benzene rings is 2. The van der Waals surface area contributed by atoms with Crippen LogP contribution in [0.2, 0.25) is 0 Å². The zero-order valence-corrected chi connectivity index (χ0v) is 17.2. The lowest BCUT2D eigenvalue weighted by Crippen LogP contribution is -2.33. The minimum absolute atomic E-state index is 0.0929. The average molecular weight is 415 g/mol. The number of nitrogens with zero attached hydrogens (tertiary/aromatic N) is 3. The third kappa shape index (κ3) is 5.65. The Morgan fingerprint density at radius 3 is 2.59 bits per heavy atom. The molecule has 1 N–H and O–H groups in total. The van der Waals surface area contributed by atoms with Crippen LogP contribution in [0.1, 0.15) is 12.5 Å². The molecule has 0 unspecified atom stereocenters. The van der Waals surface area contributed by atoms with Crippen molar-refractivity contribution in [2.24, 2.45) is 0 Å². The largest absolute Gasteiger partial charge is 0.383 e. The molecule has 0 aliphatic heterocycles. The number of aromatic nitrogens is 3. The SMILES string of the molecule is COCCNC(=O)[C@@H](C)Sc1nnc(-c2ccc(F)cc2)n1Cc1ccccc1. The van der Waals surface area contributed by atoms with Crippen molar-refractivity contribution < 1.29 is 13.9 Å². The van der Waals surface area contributed by atoms with Gasteiger partial charge in [0.25, 0.3) is 0 Å². The maximum Gasteiger partial charge on any atom is 0.233 e. The predicted molar refractivity (Wildman–Crippen MR) is 111 cm³/mol. The van der Waals surface area contributed by atoms with Crippen molar-refractivity contribution in [1.29, 1.82) is 0 Å². The van der Waals surface area contributed by atoms with E-state index in [0.29, 0.717) is 30.7 Å². The van der Waals surface area contributed by atoms with Crippen molar-refractivity contribution in [3.05, 3.63) is 66.0 Å². The number of halogens is 1. The Morgan fingerprint density at radius 2 is 1.90 bits per heavy atom. The van der Waals surface area contributed by atoms with Crippen LogP contribution in [-0.4, -0.2) is 46.2 Å². The summed E-state index contributed by atoms with van der Waals surface area (Å²) in [5.74, 6) is 0.229. The van der Waals surface area contributed by atoms with Crippen LogP contribution in [0.15, 0.2) is 59.8 Å². The molecule has 0 spiro atoms. The van der Waals surface area contributed by atoms with Crippen LogP contribution in [0.3, 0.4) is 0 Å². The molecule has 0 fully saturated rings. The van der Waals surface area contributed by atoms with Gasteiger partial charge in [0.2, 0.25) is 5.91 Å². The van der Waals surface area contributed by atoms with Gasteiger partial charge in [0.1, 0.15) is 5.82 Å². The first kappa shape index (κ1) is 21.0. The molecular formula is C21H23FN4O2S. The molecule has 152 valence electrons. The highest BCUT2D eigenvalue weighted by atomic mass is 32.2.